The van der Waals surface area contributed by atoms with Gasteiger partial charge in [0.05, 0.1) is 27.1 Å². The zero-order valence-electron chi connectivity index (χ0n) is 20.6. The Kier molecular flexibility index (Phi) is 9.56. The average molecular weight is 522 g/mol. The second-order valence-corrected chi connectivity index (χ2v) is 8.62. The third-order valence-electron chi connectivity index (χ3n) is 5.02. The first-order valence-corrected chi connectivity index (χ1v) is 12.0. The standard InChI is InChI=1S/C27H27N3O6S/c1-34-22-14-17(15-23(35-2)25(22)36-3)13-21(30-26(32)18-7-5-4-6-8-18)27(33)29-19-9-11-20(12-10-19)37-16-24(28)31/h4-15H,16H2,1-3H3,(H2,28,31)(H,29,33)(H,30,32)/b21-13-. The van der Waals surface area contributed by atoms with Crippen molar-refractivity contribution in [3.63, 3.8) is 0 Å². The molecular formula is C27H27N3O6S. The van der Waals surface area contributed by atoms with Crippen LogP contribution >= 0.6 is 11.8 Å². The second-order valence-electron chi connectivity index (χ2n) is 7.57. The Morgan fingerprint density at radius 3 is 2.05 bits per heavy atom. The second kappa shape index (κ2) is 13.0. The lowest BCUT2D eigenvalue weighted by atomic mass is 10.1. The SMILES string of the molecule is COc1cc(/C=C(\NC(=O)c2ccccc2)C(=O)Nc2ccc(SCC(N)=O)cc2)cc(OC)c1OC. The van der Waals surface area contributed by atoms with Gasteiger partial charge in [0.1, 0.15) is 5.70 Å². The molecule has 3 amide bonds. The van der Waals surface area contributed by atoms with Gasteiger partial charge in [0.25, 0.3) is 11.8 Å². The summed E-state index contributed by atoms with van der Waals surface area (Å²) in [6.45, 7) is 0. The van der Waals surface area contributed by atoms with Crippen molar-refractivity contribution in [2.75, 3.05) is 32.4 Å². The van der Waals surface area contributed by atoms with E-state index in [9.17, 15) is 14.4 Å². The van der Waals surface area contributed by atoms with Crippen molar-refractivity contribution in [2.45, 2.75) is 4.90 Å². The van der Waals surface area contributed by atoms with Crippen LogP contribution in [0.25, 0.3) is 6.08 Å². The van der Waals surface area contributed by atoms with Crippen LogP contribution < -0.4 is 30.6 Å². The molecule has 4 N–H and O–H groups in total. The van der Waals surface area contributed by atoms with Crippen LogP contribution in [0, 0.1) is 0 Å². The summed E-state index contributed by atoms with van der Waals surface area (Å²) in [6, 6.07) is 18.8. The monoisotopic (exact) mass is 521 g/mol. The molecule has 0 radical (unpaired) electrons. The van der Waals surface area contributed by atoms with Crippen LogP contribution in [0.3, 0.4) is 0 Å². The summed E-state index contributed by atoms with van der Waals surface area (Å²) in [6.07, 6.45) is 1.51. The lowest BCUT2D eigenvalue weighted by molar-refractivity contribution is -0.115. The number of primary amides is 1. The molecule has 0 heterocycles. The van der Waals surface area contributed by atoms with Crippen molar-refractivity contribution in [2.24, 2.45) is 5.73 Å². The number of hydrogen-bond donors (Lipinski definition) is 3. The van der Waals surface area contributed by atoms with Crippen molar-refractivity contribution in [3.05, 3.63) is 83.6 Å². The van der Waals surface area contributed by atoms with Gasteiger partial charge in [-0.05, 0) is 60.2 Å². The van der Waals surface area contributed by atoms with Crippen molar-refractivity contribution < 1.29 is 28.6 Å². The van der Waals surface area contributed by atoms with E-state index in [0.717, 1.165) is 4.90 Å². The number of benzene rings is 3. The fraction of sp³-hybridized carbons (Fsp3) is 0.148. The van der Waals surface area contributed by atoms with Crippen LogP contribution in [0.2, 0.25) is 0 Å². The lowest BCUT2D eigenvalue weighted by Gasteiger charge is -2.14. The number of ether oxygens (including phenoxy) is 3. The maximum Gasteiger partial charge on any atom is 0.272 e. The largest absolute Gasteiger partial charge is 0.493 e. The van der Waals surface area contributed by atoms with E-state index in [0.29, 0.717) is 34.1 Å². The van der Waals surface area contributed by atoms with E-state index in [1.54, 1.807) is 66.7 Å². The topological polar surface area (TPSA) is 129 Å². The Morgan fingerprint density at radius 2 is 1.51 bits per heavy atom. The zero-order valence-corrected chi connectivity index (χ0v) is 21.4. The Morgan fingerprint density at radius 1 is 0.892 bits per heavy atom. The number of amides is 3. The summed E-state index contributed by atoms with van der Waals surface area (Å²) >= 11 is 1.29. The number of carbonyl (C=O) groups is 3. The van der Waals surface area contributed by atoms with Gasteiger partial charge in [0.15, 0.2) is 11.5 Å². The Bertz CT molecular complexity index is 1270. The molecule has 192 valence electrons. The Labute approximate surface area is 219 Å². The van der Waals surface area contributed by atoms with Gasteiger partial charge in [-0.15, -0.1) is 11.8 Å². The molecule has 0 bridgehead atoms. The number of nitrogens with two attached hydrogens (primary N) is 1. The van der Waals surface area contributed by atoms with Gasteiger partial charge in [-0.2, -0.15) is 0 Å². The lowest BCUT2D eigenvalue weighted by Crippen LogP contribution is -2.30. The summed E-state index contributed by atoms with van der Waals surface area (Å²) < 4.78 is 16.2. The molecule has 0 fully saturated rings. The summed E-state index contributed by atoms with van der Waals surface area (Å²) in [5, 5.41) is 5.47. The van der Waals surface area contributed by atoms with Gasteiger partial charge >= 0.3 is 0 Å². The molecule has 0 aliphatic rings. The first-order valence-electron chi connectivity index (χ1n) is 11.0. The number of hydrogen-bond acceptors (Lipinski definition) is 7. The molecule has 0 atom stereocenters. The van der Waals surface area contributed by atoms with Gasteiger partial charge < -0.3 is 30.6 Å². The van der Waals surface area contributed by atoms with Crippen molar-refractivity contribution in [1.82, 2.24) is 5.32 Å². The molecule has 0 unspecified atom stereocenters. The zero-order chi connectivity index (χ0) is 26.8. The van der Waals surface area contributed by atoms with Crippen LogP contribution in [-0.4, -0.2) is 44.8 Å². The molecule has 3 aromatic rings. The number of methoxy groups -OCH3 is 3. The molecule has 0 aliphatic carbocycles. The molecule has 9 nitrogen and oxygen atoms in total. The molecule has 0 saturated heterocycles. The highest BCUT2D eigenvalue weighted by Crippen LogP contribution is 2.38. The fourth-order valence-corrected chi connectivity index (χ4v) is 3.92. The molecule has 0 saturated carbocycles. The van der Waals surface area contributed by atoms with E-state index >= 15 is 0 Å². The molecule has 0 aromatic heterocycles. The van der Waals surface area contributed by atoms with Gasteiger partial charge in [0.2, 0.25) is 11.7 Å². The van der Waals surface area contributed by atoms with E-state index < -0.39 is 17.7 Å². The molecule has 0 spiro atoms. The smallest absolute Gasteiger partial charge is 0.272 e. The van der Waals surface area contributed by atoms with Crippen LogP contribution in [0.5, 0.6) is 17.2 Å². The Balaban J connectivity index is 1.92. The summed E-state index contributed by atoms with van der Waals surface area (Å²) in [5.41, 5.74) is 6.60. The van der Waals surface area contributed by atoms with Crippen molar-refractivity contribution in [3.8, 4) is 17.2 Å². The molecule has 3 rings (SSSR count). The summed E-state index contributed by atoms with van der Waals surface area (Å²) in [5.74, 6) is -0.0755. The molecule has 3 aromatic carbocycles. The fourth-order valence-electron chi connectivity index (χ4n) is 3.28. The van der Waals surface area contributed by atoms with Crippen molar-refractivity contribution >= 4 is 41.2 Å². The predicted octanol–water partition coefficient (Wildman–Crippen LogP) is 3.70. The summed E-state index contributed by atoms with van der Waals surface area (Å²) in [4.78, 5) is 38.0. The summed E-state index contributed by atoms with van der Waals surface area (Å²) in [7, 11) is 4.47. The number of thioether (sulfide) groups is 1. The van der Waals surface area contributed by atoms with Crippen LogP contribution in [0.15, 0.2) is 77.3 Å². The van der Waals surface area contributed by atoms with Gasteiger partial charge in [-0.3, -0.25) is 14.4 Å². The van der Waals surface area contributed by atoms with Crippen LogP contribution in [0.1, 0.15) is 15.9 Å². The molecule has 10 heteroatoms. The average Bonchev–Trinajstić information content (AvgIpc) is 2.91. The minimum absolute atomic E-state index is 0.00435. The van der Waals surface area contributed by atoms with Crippen LogP contribution in [-0.2, 0) is 9.59 Å². The van der Waals surface area contributed by atoms with E-state index in [2.05, 4.69) is 10.6 Å². The number of nitrogens with one attached hydrogen (secondary N) is 2. The number of carbonyl (C=O) groups excluding carboxylic acids is 3. The third kappa shape index (κ3) is 7.52. The molecular weight excluding hydrogens is 494 g/mol. The maximum absolute atomic E-state index is 13.3. The highest BCUT2D eigenvalue weighted by molar-refractivity contribution is 8.00. The van der Waals surface area contributed by atoms with E-state index in [-0.39, 0.29) is 11.4 Å². The van der Waals surface area contributed by atoms with Gasteiger partial charge in [-0.25, -0.2) is 0 Å². The Hall–Kier alpha value is -4.44. The maximum atomic E-state index is 13.3. The number of rotatable bonds is 11. The van der Waals surface area contributed by atoms with E-state index in [1.807, 2.05) is 0 Å². The van der Waals surface area contributed by atoms with E-state index in [4.69, 9.17) is 19.9 Å². The number of anilines is 1. The first kappa shape index (κ1) is 27.2. The normalized spacial score (nSPS) is 10.8. The third-order valence-corrected chi connectivity index (χ3v) is 6.05. The first-order chi connectivity index (χ1) is 17.8. The quantitative estimate of drug-likeness (QED) is 0.259. The van der Waals surface area contributed by atoms with Crippen molar-refractivity contribution in [1.29, 1.82) is 0 Å². The highest BCUT2D eigenvalue weighted by Gasteiger charge is 2.18. The predicted molar refractivity (Wildman–Crippen MR) is 143 cm³/mol. The minimum Gasteiger partial charge on any atom is -0.493 e. The minimum atomic E-state index is -0.546. The molecule has 0 aliphatic heterocycles. The highest BCUT2D eigenvalue weighted by atomic mass is 32.2. The van der Waals surface area contributed by atoms with E-state index in [1.165, 1.54) is 39.2 Å². The molecule has 37 heavy (non-hydrogen) atoms. The van der Waals surface area contributed by atoms with Gasteiger partial charge in [-0.1, -0.05) is 18.2 Å². The van der Waals surface area contributed by atoms with Crippen LogP contribution in [0.4, 0.5) is 5.69 Å². The van der Waals surface area contributed by atoms with Gasteiger partial charge in [0, 0.05) is 16.1 Å².